The minimum Gasteiger partial charge on any atom is -0.462 e. The van der Waals surface area contributed by atoms with Gasteiger partial charge in [-0.3, -0.25) is 0 Å². The van der Waals surface area contributed by atoms with Crippen LogP contribution in [0.1, 0.15) is 53.4 Å². The lowest BCUT2D eigenvalue weighted by molar-refractivity contribution is -0.139. The molecule has 108 valence electrons. The molecule has 0 spiro atoms. The molecule has 3 heteroatoms. The quantitative estimate of drug-likeness (QED) is 0.463. The number of ether oxygens (including phenoxy) is 2. The smallest absolute Gasteiger partial charge is 0.330 e. The number of carbonyl (C=O) groups is 1. The largest absolute Gasteiger partial charge is 0.462 e. The summed E-state index contributed by atoms with van der Waals surface area (Å²) in [6.45, 7) is 13.9. The van der Waals surface area contributed by atoms with Crippen molar-refractivity contribution in [2.24, 2.45) is 5.92 Å². The summed E-state index contributed by atoms with van der Waals surface area (Å²) in [5.74, 6) is 0.207. The molecule has 0 N–H and O–H groups in total. The number of esters is 1. The lowest BCUT2D eigenvalue weighted by Gasteiger charge is -2.13. The van der Waals surface area contributed by atoms with Crippen LogP contribution in [0, 0.1) is 5.92 Å². The lowest BCUT2D eigenvalue weighted by atomic mass is 10.0. The highest BCUT2D eigenvalue weighted by atomic mass is 16.5. The predicted octanol–water partition coefficient (Wildman–Crippen LogP) is 3.97. The zero-order chi connectivity index (χ0) is 14.2. The van der Waals surface area contributed by atoms with Crippen molar-refractivity contribution in [3.05, 3.63) is 12.7 Å². The third kappa shape index (κ3) is 15.2. The SMILES string of the molecule is C=CC(=O)OCC(CC)CCCC.CCOCC. The van der Waals surface area contributed by atoms with Crippen molar-refractivity contribution in [3.8, 4) is 0 Å². The zero-order valence-corrected chi connectivity index (χ0v) is 12.5. The van der Waals surface area contributed by atoms with Crippen LogP contribution in [-0.4, -0.2) is 25.8 Å². The van der Waals surface area contributed by atoms with Gasteiger partial charge in [0.05, 0.1) is 6.61 Å². The fraction of sp³-hybridized carbons (Fsp3) is 0.800. The van der Waals surface area contributed by atoms with Gasteiger partial charge in [0.2, 0.25) is 0 Å². The number of hydrogen-bond donors (Lipinski definition) is 0. The summed E-state index contributed by atoms with van der Waals surface area (Å²) in [7, 11) is 0. The first-order valence-corrected chi connectivity index (χ1v) is 7.02. The summed E-state index contributed by atoms with van der Waals surface area (Å²) in [5, 5.41) is 0. The van der Waals surface area contributed by atoms with Crippen molar-refractivity contribution in [3.63, 3.8) is 0 Å². The van der Waals surface area contributed by atoms with Crippen molar-refractivity contribution in [1.29, 1.82) is 0 Å². The maximum Gasteiger partial charge on any atom is 0.330 e. The summed E-state index contributed by atoms with van der Waals surface area (Å²) < 4.78 is 9.82. The van der Waals surface area contributed by atoms with Gasteiger partial charge in [-0.15, -0.1) is 0 Å². The van der Waals surface area contributed by atoms with Gasteiger partial charge in [0, 0.05) is 19.3 Å². The van der Waals surface area contributed by atoms with Gasteiger partial charge in [-0.05, 0) is 26.2 Å². The molecule has 0 aromatic rings. The van der Waals surface area contributed by atoms with Crippen LogP contribution in [0.4, 0.5) is 0 Å². The Morgan fingerprint density at radius 1 is 1.22 bits per heavy atom. The molecule has 0 heterocycles. The molecule has 0 saturated heterocycles. The molecule has 0 rings (SSSR count). The maximum absolute atomic E-state index is 10.8. The van der Waals surface area contributed by atoms with E-state index in [0.29, 0.717) is 12.5 Å². The average molecular weight is 258 g/mol. The molecule has 0 aromatic heterocycles. The highest BCUT2D eigenvalue weighted by Crippen LogP contribution is 2.12. The van der Waals surface area contributed by atoms with E-state index in [9.17, 15) is 4.79 Å². The number of rotatable bonds is 9. The highest BCUT2D eigenvalue weighted by molar-refractivity contribution is 5.81. The Morgan fingerprint density at radius 3 is 2.17 bits per heavy atom. The standard InChI is InChI=1S/C11H20O2.C4H10O/c1-4-7-8-10(5-2)9-13-11(12)6-3;1-3-5-4-2/h6,10H,3-5,7-9H2,1-2H3;3-4H2,1-2H3. The van der Waals surface area contributed by atoms with Crippen LogP contribution in [0.15, 0.2) is 12.7 Å². The fourth-order valence-electron chi connectivity index (χ4n) is 1.36. The third-order valence-corrected chi connectivity index (χ3v) is 2.58. The van der Waals surface area contributed by atoms with E-state index in [2.05, 4.69) is 20.4 Å². The Hall–Kier alpha value is -0.830. The number of hydrogen-bond acceptors (Lipinski definition) is 3. The second-order valence-electron chi connectivity index (χ2n) is 4.03. The van der Waals surface area contributed by atoms with E-state index >= 15 is 0 Å². The normalized spacial score (nSPS) is 11.1. The van der Waals surface area contributed by atoms with Crippen LogP contribution in [0.25, 0.3) is 0 Å². The molecule has 1 atom stereocenters. The molecule has 0 aliphatic heterocycles. The molecule has 0 bridgehead atoms. The Labute approximate surface area is 113 Å². The monoisotopic (exact) mass is 258 g/mol. The van der Waals surface area contributed by atoms with Crippen molar-refractivity contribution in [2.45, 2.75) is 53.4 Å². The first-order valence-electron chi connectivity index (χ1n) is 7.02. The molecular weight excluding hydrogens is 228 g/mol. The fourth-order valence-corrected chi connectivity index (χ4v) is 1.36. The molecule has 0 aromatic carbocycles. The Kier molecular flexibility index (Phi) is 17.5. The van der Waals surface area contributed by atoms with E-state index in [0.717, 1.165) is 26.1 Å². The predicted molar refractivity (Wildman–Crippen MR) is 76.6 cm³/mol. The molecule has 3 nitrogen and oxygen atoms in total. The van der Waals surface area contributed by atoms with Crippen LogP contribution in [-0.2, 0) is 14.3 Å². The van der Waals surface area contributed by atoms with E-state index in [1.165, 1.54) is 18.9 Å². The minimum absolute atomic E-state index is 0.310. The molecule has 0 aliphatic rings. The molecule has 0 radical (unpaired) electrons. The average Bonchev–Trinajstić information content (AvgIpc) is 2.40. The summed E-state index contributed by atoms with van der Waals surface area (Å²) in [6, 6.07) is 0. The van der Waals surface area contributed by atoms with Gasteiger partial charge < -0.3 is 9.47 Å². The van der Waals surface area contributed by atoms with Gasteiger partial charge in [-0.25, -0.2) is 4.79 Å². The summed E-state index contributed by atoms with van der Waals surface area (Å²) >= 11 is 0. The van der Waals surface area contributed by atoms with Gasteiger partial charge in [0.1, 0.15) is 0 Å². The Balaban J connectivity index is 0. The lowest BCUT2D eigenvalue weighted by Crippen LogP contribution is -2.12. The van der Waals surface area contributed by atoms with E-state index in [-0.39, 0.29) is 5.97 Å². The van der Waals surface area contributed by atoms with Gasteiger partial charge in [-0.1, -0.05) is 39.7 Å². The van der Waals surface area contributed by atoms with Gasteiger partial charge in [0.15, 0.2) is 0 Å². The topological polar surface area (TPSA) is 35.5 Å². The summed E-state index contributed by atoms with van der Waals surface area (Å²) in [5.41, 5.74) is 0. The number of unbranched alkanes of at least 4 members (excludes halogenated alkanes) is 1. The Bertz CT molecular complexity index is 188. The summed E-state index contributed by atoms with van der Waals surface area (Å²) in [6.07, 6.45) is 5.85. The zero-order valence-electron chi connectivity index (χ0n) is 12.5. The summed E-state index contributed by atoms with van der Waals surface area (Å²) in [4.78, 5) is 10.8. The third-order valence-electron chi connectivity index (χ3n) is 2.58. The molecule has 0 amide bonds. The van der Waals surface area contributed by atoms with Crippen molar-refractivity contribution < 1.29 is 14.3 Å². The first-order chi connectivity index (χ1) is 8.65. The Morgan fingerprint density at radius 2 is 1.83 bits per heavy atom. The molecule has 0 aliphatic carbocycles. The first kappa shape index (κ1) is 19.5. The van der Waals surface area contributed by atoms with Crippen LogP contribution >= 0.6 is 0 Å². The van der Waals surface area contributed by atoms with Gasteiger partial charge in [0.25, 0.3) is 0 Å². The second kappa shape index (κ2) is 16.2. The number of carbonyl (C=O) groups excluding carboxylic acids is 1. The minimum atomic E-state index is -0.310. The van der Waals surface area contributed by atoms with Crippen LogP contribution in [0.5, 0.6) is 0 Å². The van der Waals surface area contributed by atoms with Crippen molar-refractivity contribution in [1.82, 2.24) is 0 Å². The molecule has 1 unspecified atom stereocenters. The molecule has 0 fully saturated rings. The van der Waals surface area contributed by atoms with Crippen molar-refractivity contribution in [2.75, 3.05) is 19.8 Å². The molecule has 18 heavy (non-hydrogen) atoms. The van der Waals surface area contributed by atoms with Gasteiger partial charge >= 0.3 is 5.97 Å². The van der Waals surface area contributed by atoms with Gasteiger partial charge in [-0.2, -0.15) is 0 Å². The van der Waals surface area contributed by atoms with Crippen LogP contribution < -0.4 is 0 Å². The second-order valence-corrected chi connectivity index (χ2v) is 4.03. The van der Waals surface area contributed by atoms with E-state index in [4.69, 9.17) is 9.47 Å². The van der Waals surface area contributed by atoms with Crippen LogP contribution in [0.2, 0.25) is 0 Å². The maximum atomic E-state index is 10.8. The van der Waals surface area contributed by atoms with Crippen LogP contribution in [0.3, 0.4) is 0 Å². The highest BCUT2D eigenvalue weighted by Gasteiger charge is 2.07. The molecular formula is C15H30O3. The van der Waals surface area contributed by atoms with E-state index < -0.39 is 0 Å². The molecule has 0 saturated carbocycles. The van der Waals surface area contributed by atoms with Crippen molar-refractivity contribution >= 4 is 5.97 Å². The van der Waals surface area contributed by atoms with E-state index in [1.807, 2.05) is 13.8 Å². The van der Waals surface area contributed by atoms with E-state index in [1.54, 1.807) is 0 Å².